The number of carbonyl (C=O) groups is 1. The van der Waals surface area contributed by atoms with Crippen molar-refractivity contribution in [1.82, 2.24) is 5.32 Å². The van der Waals surface area contributed by atoms with Crippen molar-refractivity contribution in [3.63, 3.8) is 0 Å². The molecule has 0 aliphatic rings. The highest BCUT2D eigenvalue weighted by molar-refractivity contribution is 7.92. The van der Waals surface area contributed by atoms with Crippen LogP contribution in [0.2, 0.25) is 0 Å². The van der Waals surface area contributed by atoms with Gasteiger partial charge < -0.3 is 10.2 Å². The molecule has 29 heavy (non-hydrogen) atoms. The van der Waals surface area contributed by atoms with Gasteiger partial charge in [0.05, 0.1) is 11.9 Å². The molecule has 0 saturated carbocycles. The van der Waals surface area contributed by atoms with Crippen LogP contribution in [0.15, 0.2) is 48.5 Å². The summed E-state index contributed by atoms with van der Waals surface area (Å²) in [5.41, 5.74) is 2.26. The fourth-order valence-corrected chi connectivity index (χ4v) is 4.32. The quantitative estimate of drug-likeness (QED) is 0.675. The molecule has 0 spiro atoms. The van der Waals surface area contributed by atoms with Crippen molar-refractivity contribution in [3.05, 3.63) is 59.9 Å². The minimum absolute atomic E-state index is 0.236. The van der Waals surface area contributed by atoms with E-state index in [0.717, 1.165) is 47.0 Å². The Morgan fingerprint density at radius 1 is 1.00 bits per heavy atom. The van der Waals surface area contributed by atoms with Gasteiger partial charge in [0.2, 0.25) is 15.9 Å². The lowest BCUT2D eigenvalue weighted by molar-refractivity contribution is -0.122. The number of benzene rings is 2. The lowest BCUT2D eigenvalue weighted by atomic mass is 10.2. The van der Waals surface area contributed by atoms with E-state index in [-0.39, 0.29) is 12.2 Å². The summed E-state index contributed by atoms with van der Waals surface area (Å²) in [6, 6.07) is 11.9. The van der Waals surface area contributed by atoms with Crippen LogP contribution in [0, 0.1) is 5.82 Å². The Bertz CT molecular complexity index is 911. The molecule has 0 bridgehead atoms. The van der Waals surface area contributed by atoms with Crippen molar-refractivity contribution in [2.45, 2.75) is 33.4 Å². The summed E-state index contributed by atoms with van der Waals surface area (Å²) < 4.78 is 38.7. The van der Waals surface area contributed by atoms with Crippen molar-refractivity contribution in [3.8, 4) is 0 Å². The van der Waals surface area contributed by atoms with Gasteiger partial charge in [-0.05, 0) is 62.7 Å². The third kappa shape index (κ3) is 5.93. The van der Waals surface area contributed by atoms with Gasteiger partial charge in [-0.2, -0.15) is 0 Å². The van der Waals surface area contributed by atoms with E-state index in [9.17, 15) is 17.6 Å². The van der Waals surface area contributed by atoms with E-state index >= 15 is 0 Å². The van der Waals surface area contributed by atoms with Gasteiger partial charge in [0.15, 0.2) is 0 Å². The van der Waals surface area contributed by atoms with Crippen LogP contribution in [0.1, 0.15) is 26.3 Å². The Morgan fingerprint density at radius 3 is 2.00 bits per heavy atom. The Balaban J connectivity index is 2.09. The maximum atomic E-state index is 13.2. The molecule has 2 aromatic carbocycles. The number of anilines is 2. The zero-order valence-electron chi connectivity index (χ0n) is 17.2. The Hall–Kier alpha value is -2.61. The second-order valence-corrected chi connectivity index (χ2v) is 8.63. The second kappa shape index (κ2) is 9.73. The van der Waals surface area contributed by atoms with Crippen molar-refractivity contribution in [1.29, 1.82) is 0 Å². The van der Waals surface area contributed by atoms with Gasteiger partial charge in [0.25, 0.3) is 0 Å². The van der Waals surface area contributed by atoms with Crippen LogP contribution in [0.5, 0.6) is 0 Å². The van der Waals surface area contributed by atoms with E-state index in [1.54, 1.807) is 0 Å². The van der Waals surface area contributed by atoms with Crippen molar-refractivity contribution in [2.75, 3.05) is 28.6 Å². The van der Waals surface area contributed by atoms with Crippen LogP contribution in [0.4, 0.5) is 15.8 Å². The first kappa shape index (κ1) is 22.7. The summed E-state index contributed by atoms with van der Waals surface area (Å²) in [6.07, 6.45) is 1.02. The number of sulfonamides is 1. The molecule has 0 saturated heterocycles. The SMILES string of the molecule is CCN(CC)c1ccc(CNC(=O)[C@@H](C)N(c2ccc(F)cc2)S(C)(=O)=O)cc1. The van der Waals surface area contributed by atoms with Crippen LogP contribution in [-0.4, -0.2) is 39.7 Å². The highest BCUT2D eigenvalue weighted by Crippen LogP contribution is 2.21. The summed E-state index contributed by atoms with van der Waals surface area (Å²) in [4.78, 5) is 14.8. The summed E-state index contributed by atoms with van der Waals surface area (Å²) >= 11 is 0. The van der Waals surface area contributed by atoms with Crippen LogP contribution in [-0.2, 0) is 21.4 Å². The zero-order chi connectivity index (χ0) is 21.6. The number of halogens is 1. The number of nitrogens with one attached hydrogen (secondary N) is 1. The molecular weight excluding hydrogens is 393 g/mol. The molecule has 1 amide bonds. The van der Waals surface area contributed by atoms with E-state index < -0.39 is 27.8 Å². The molecule has 0 aromatic heterocycles. The molecule has 0 unspecified atom stereocenters. The summed E-state index contributed by atoms with van der Waals surface area (Å²) in [5.74, 6) is -0.917. The van der Waals surface area contributed by atoms with Crippen molar-refractivity contribution < 1.29 is 17.6 Å². The van der Waals surface area contributed by atoms with E-state index in [2.05, 4.69) is 24.1 Å². The van der Waals surface area contributed by atoms with Gasteiger partial charge in [-0.15, -0.1) is 0 Å². The van der Waals surface area contributed by atoms with Gasteiger partial charge in [-0.25, -0.2) is 12.8 Å². The second-order valence-electron chi connectivity index (χ2n) is 6.77. The van der Waals surface area contributed by atoms with E-state index in [1.165, 1.54) is 19.1 Å². The van der Waals surface area contributed by atoms with E-state index in [0.29, 0.717) is 0 Å². The maximum Gasteiger partial charge on any atom is 0.243 e. The minimum atomic E-state index is -3.73. The minimum Gasteiger partial charge on any atom is -0.372 e. The monoisotopic (exact) mass is 421 g/mol. The first-order chi connectivity index (χ1) is 13.7. The molecule has 158 valence electrons. The Labute approximate surface area is 172 Å². The first-order valence-corrected chi connectivity index (χ1v) is 11.4. The lowest BCUT2D eigenvalue weighted by Gasteiger charge is -2.28. The Morgan fingerprint density at radius 2 is 1.52 bits per heavy atom. The largest absolute Gasteiger partial charge is 0.372 e. The number of carbonyl (C=O) groups excluding carboxylic acids is 1. The molecule has 2 rings (SSSR count). The van der Waals surface area contributed by atoms with E-state index in [4.69, 9.17) is 0 Å². The molecule has 2 aromatic rings. The average Bonchev–Trinajstić information content (AvgIpc) is 2.68. The summed E-state index contributed by atoms with van der Waals surface area (Å²) in [7, 11) is -3.73. The molecule has 0 radical (unpaired) electrons. The highest BCUT2D eigenvalue weighted by atomic mass is 32.2. The van der Waals surface area contributed by atoms with Crippen molar-refractivity contribution in [2.24, 2.45) is 0 Å². The first-order valence-electron chi connectivity index (χ1n) is 9.54. The number of amides is 1. The van der Waals surface area contributed by atoms with Crippen LogP contribution < -0.4 is 14.5 Å². The van der Waals surface area contributed by atoms with E-state index in [1.807, 2.05) is 24.3 Å². The third-order valence-electron chi connectivity index (χ3n) is 4.70. The lowest BCUT2D eigenvalue weighted by Crippen LogP contribution is -2.47. The highest BCUT2D eigenvalue weighted by Gasteiger charge is 2.28. The maximum absolute atomic E-state index is 13.2. The number of nitrogens with zero attached hydrogens (tertiary/aromatic N) is 2. The van der Waals surface area contributed by atoms with Crippen LogP contribution in [0.25, 0.3) is 0 Å². The third-order valence-corrected chi connectivity index (χ3v) is 5.94. The molecule has 0 fully saturated rings. The smallest absolute Gasteiger partial charge is 0.243 e. The molecule has 8 heteroatoms. The predicted octanol–water partition coefficient (Wildman–Crippen LogP) is 3.14. The van der Waals surface area contributed by atoms with Crippen LogP contribution >= 0.6 is 0 Å². The van der Waals surface area contributed by atoms with Gasteiger partial charge in [0.1, 0.15) is 11.9 Å². The normalized spacial score (nSPS) is 12.3. The van der Waals surface area contributed by atoms with Gasteiger partial charge in [0, 0.05) is 25.3 Å². The number of rotatable bonds is 9. The number of hydrogen-bond acceptors (Lipinski definition) is 4. The fourth-order valence-electron chi connectivity index (χ4n) is 3.15. The topological polar surface area (TPSA) is 69.7 Å². The molecule has 1 N–H and O–H groups in total. The number of hydrogen-bond donors (Lipinski definition) is 1. The fraction of sp³-hybridized carbons (Fsp3) is 0.381. The summed E-state index contributed by atoms with van der Waals surface area (Å²) in [5, 5.41) is 2.78. The zero-order valence-corrected chi connectivity index (χ0v) is 18.0. The predicted molar refractivity (Wildman–Crippen MR) is 115 cm³/mol. The molecule has 6 nitrogen and oxygen atoms in total. The molecule has 0 heterocycles. The molecule has 0 aliphatic heterocycles. The van der Waals surface area contributed by atoms with Gasteiger partial charge in [-0.3, -0.25) is 9.10 Å². The molecule has 0 aliphatic carbocycles. The van der Waals surface area contributed by atoms with Gasteiger partial charge in [-0.1, -0.05) is 12.1 Å². The van der Waals surface area contributed by atoms with Crippen LogP contribution in [0.3, 0.4) is 0 Å². The standard InChI is InChI=1S/C21H28FN3O3S/c1-5-24(6-2)19-11-7-17(8-12-19)15-23-21(26)16(3)25(29(4,27)28)20-13-9-18(22)10-14-20/h7-14,16H,5-6,15H2,1-4H3,(H,23,26)/t16-/m1/s1. The van der Waals surface area contributed by atoms with Crippen molar-refractivity contribution >= 4 is 27.3 Å². The molecular formula is C21H28FN3O3S. The average molecular weight is 422 g/mol. The summed E-state index contributed by atoms with van der Waals surface area (Å²) in [6.45, 7) is 7.79. The Kier molecular flexibility index (Phi) is 7.61. The molecule has 1 atom stereocenters. The van der Waals surface area contributed by atoms with Gasteiger partial charge >= 0.3 is 0 Å².